The van der Waals surface area contributed by atoms with Crippen LogP contribution in [0.4, 0.5) is 5.69 Å². The van der Waals surface area contributed by atoms with Crippen LogP contribution in [0.5, 0.6) is 0 Å². The lowest BCUT2D eigenvalue weighted by Gasteiger charge is -2.20. The van der Waals surface area contributed by atoms with Crippen LogP contribution in [0, 0.1) is 6.92 Å². The lowest BCUT2D eigenvalue weighted by atomic mass is 10.1. The molecular weight excluding hydrogens is 402 g/mol. The van der Waals surface area contributed by atoms with Crippen LogP contribution in [0.15, 0.2) is 47.4 Å². The number of hydrogen-bond donors (Lipinski definition) is 2. The van der Waals surface area contributed by atoms with Crippen molar-refractivity contribution in [1.29, 1.82) is 0 Å². The van der Waals surface area contributed by atoms with E-state index in [9.17, 15) is 18.0 Å². The van der Waals surface area contributed by atoms with Gasteiger partial charge in [0, 0.05) is 31.3 Å². The first-order valence-corrected chi connectivity index (χ1v) is 11.3. The third-order valence-electron chi connectivity index (χ3n) is 4.83. The number of amides is 2. The summed E-state index contributed by atoms with van der Waals surface area (Å²) in [4.78, 5) is 24.2. The molecule has 0 bridgehead atoms. The minimum Gasteiger partial charge on any atom is -0.346 e. The number of rotatable bonds is 8. The van der Waals surface area contributed by atoms with Crippen LogP contribution in [0.2, 0.25) is 0 Å². The molecule has 0 spiro atoms. The number of nitrogens with zero attached hydrogens (tertiary/aromatic N) is 1. The minimum atomic E-state index is -3.67. The van der Waals surface area contributed by atoms with Crippen LogP contribution in [0.3, 0.4) is 0 Å². The summed E-state index contributed by atoms with van der Waals surface area (Å²) in [6.45, 7) is 9.25. The van der Waals surface area contributed by atoms with Crippen LogP contribution in [0.1, 0.15) is 55.2 Å². The summed E-state index contributed by atoms with van der Waals surface area (Å²) >= 11 is 0. The van der Waals surface area contributed by atoms with E-state index in [1.807, 2.05) is 13.0 Å². The lowest BCUT2D eigenvalue weighted by molar-refractivity contribution is -0.114. The van der Waals surface area contributed by atoms with Gasteiger partial charge in [0.05, 0.1) is 10.9 Å². The molecule has 0 heterocycles. The molecule has 0 radical (unpaired) electrons. The van der Waals surface area contributed by atoms with Crippen molar-refractivity contribution in [3.63, 3.8) is 0 Å². The quantitative estimate of drug-likeness (QED) is 0.669. The number of anilines is 1. The molecule has 2 aromatic rings. The maximum absolute atomic E-state index is 12.9. The molecule has 1 atom stereocenters. The summed E-state index contributed by atoms with van der Waals surface area (Å²) in [5, 5.41) is 5.60. The highest BCUT2D eigenvalue weighted by atomic mass is 32.2. The SMILES string of the molecule is CCN(CC)S(=O)(=O)c1cc(C(=O)NC(C)c2cccc(NC(C)=O)c2)ccc1C. The summed E-state index contributed by atoms with van der Waals surface area (Å²) in [7, 11) is -3.67. The van der Waals surface area contributed by atoms with Crippen molar-refractivity contribution in [2.24, 2.45) is 0 Å². The average Bonchev–Trinajstić information content (AvgIpc) is 2.68. The fourth-order valence-electron chi connectivity index (χ4n) is 3.17. The van der Waals surface area contributed by atoms with Gasteiger partial charge in [0.2, 0.25) is 15.9 Å². The van der Waals surface area contributed by atoms with E-state index in [0.29, 0.717) is 24.3 Å². The van der Waals surface area contributed by atoms with Crippen molar-refractivity contribution in [2.75, 3.05) is 18.4 Å². The number of aryl methyl sites for hydroxylation is 1. The third kappa shape index (κ3) is 5.46. The minimum absolute atomic E-state index is 0.138. The number of hydrogen-bond acceptors (Lipinski definition) is 4. The number of benzene rings is 2. The summed E-state index contributed by atoms with van der Waals surface area (Å²) in [6.07, 6.45) is 0. The first kappa shape index (κ1) is 23.6. The molecule has 0 aliphatic heterocycles. The molecule has 7 nitrogen and oxygen atoms in total. The first-order chi connectivity index (χ1) is 14.1. The molecule has 2 amide bonds. The Balaban J connectivity index is 2.27. The van der Waals surface area contributed by atoms with Crippen molar-refractivity contribution in [3.05, 3.63) is 59.2 Å². The summed E-state index contributed by atoms with van der Waals surface area (Å²) in [5.41, 5.74) is 2.33. The van der Waals surface area contributed by atoms with Gasteiger partial charge in [-0.1, -0.05) is 32.0 Å². The van der Waals surface area contributed by atoms with Crippen LogP contribution < -0.4 is 10.6 Å². The molecule has 0 saturated heterocycles. The molecule has 162 valence electrons. The van der Waals surface area contributed by atoms with Crippen LogP contribution in [0.25, 0.3) is 0 Å². The van der Waals surface area contributed by atoms with E-state index >= 15 is 0 Å². The second-order valence-corrected chi connectivity index (χ2v) is 8.98. The Bertz CT molecular complexity index is 1030. The molecule has 2 aromatic carbocycles. The van der Waals surface area contributed by atoms with Crippen LogP contribution >= 0.6 is 0 Å². The molecular formula is C22H29N3O4S. The fraction of sp³-hybridized carbons (Fsp3) is 0.364. The lowest BCUT2D eigenvalue weighted by Crippen LogP contribution is -2.32. The van der Waals surface area contributed by atoms with Gasteiger partial charge in [0.25, 0.3) is 5.91 Å². The third-order valence-corrected chi connectivity index (χ3v) is 7.02. The number of carbonyl (C=O) groups is 2. The summed E-state index contributed by atoms with van der Waals surface area (Å²) in [5.74, 6) is -0.547. The van der Waals surface area contributed by atoms with Gasteiger partial charge in [0.1, 0.15) is 0 Å². The maximum atomic E-state index is 12.9. The summed E-state index contributed by atoms with van der Waals surface area (Å²) < 4.78 is 27.2. The van der Waals surface area contributed by atoms with Gasteiger partial charge in [-0.15, -0.1) is 0 Å². The predicted octanol–water partition coefficient (Wildman–Crippen LogP) is 3.47. The zero-order valence-electron chi connectivity index (χ0n) is 18.0. The van der Waals surface area contributed by atoms with E-state index in [1.54, 1.807) is 51.1 Å². The van der Waals surface area contributed by atoms with Gasteiger partial charge in [-0.2, -0.15) is 4.31 Å². The molecule has 0 fully saturated rings. The largest absolute Gasteiger partial charge is 0.346 e. The van der Waals surface area contributed by atoms with Crippen molar-refractivity contribution in [1.82, 2.24) is 9.62 Å². The summed E-state index contributed by atoms with van der Waals surface area (Å²) in [6, 6.07) is 11.6. The van der Waals surface area contributed by atoms with Gasteiger partial charge in [-0.3, -0.25) is 9.59 Å². The second-order valence-electron chi connectivity index (χ2n) is 7.07. The van der Waals surface area contributed by atoms with E-state index in [2.05, 4.69) is 10.6 Å². The van der Waals surface area contributed by atoms with Gasteiger partial charge < -0.3 is 10.6 Å². The zero-order chi connectivity index (χ0) is 22.5. The highest BCUT2D eigenvalue weighted by Gasteiger charge is 2.25. The predicted molar refractivity (Wildman–Crippen MR) is 118 cm³/mol. The Hall–Kier alpha value is -2.71. The molecule has 30 heavy (non-hydrogen) atoms. The van der Waals surface area contributed by atoms with E-state index in [4.69, 9.17) is 0 Å². The van der Waals surface area contributed by atoms with Crippen molar-refractivity contribution in [2.45, 2.75) is 45.6 Å². The zero-order valence-corrected chi connectivity index (χ0v) is 18.8. The Morgan fingerprint density at radius 3 is 2.33 bits per heavy atom. The molecule has 0 aromatic heterocycles. The fourth-order valence-corrected chi connectivity index (χ4v) is 4.88. The van der Waals surface area contributed by atoms with E-state index < -0.39 is 10.0 Å². The van der Waals surface area contributed by atoms with E-state index in [1.165, 1.54) is 17.3 Å². The van der Waals surface area contributed by atoms with Crippen molar-refractivity contribution >= 4 is 27.5 Å². The number of nitrogens with one attached hydrogen (secondary N) is 2. The topological polar surface area (TPSA) is 95.6 Å². The smallest absolute Gasteiger partial charge is 0.251 e. The number of carbonyl (C=O) groups excluding carboxylic acids is 2. The van der Waals surface area contributed by atoms with Gasteiger partial charge in [0.15, 0.2) is 0 Å². The Morgan fingerprint density at radius 1 is 1.07 bits per heavy atom. The molecule has 2 N–H and O–H groups in total. The van der Waals surface area contributed by atoms with E-state index in [-0.39, 0.29) is 28.3 Å². The molecule has 0 saturated carbocycles. The molecule has 0 aliphatic rings. The van der Waals surface area contributed by atoms with Crippen LogP contribution in [-0.2, 0) is 14.8 Å². The molecule has 1 unspecified atom stereocenters. The highest BCUT2D eigenvalue weighted by Crippen LogP contribution is 2.23. The number of sulfonamides is 1. The maximum Gasteiger partial charge on any atom is 0.251 e. The van der Waals surface area contributed by atoms with Gasteiger partial charge in [-0.05, 0) is 49.2 Å². The van der Waals surface area contributed by atoms with Crippen molar-refractivity contribution in [3.8, 4) is 0 Å². The van der Waals surface area contributed by atoms with Gasteiger partial charge in [-0.25, -0.2) is 8.42 Å². The van der Waals surface area contributed by atoms with Gasteiger partial charge >= 0.3 is 0 Å². The second kappa shape index (κ2) is 9.86. The standard InChI is InChI=1S/C22H29N3O4S/c1-6-25(7-2)30(28,29)21-14-19(12-11-15(21)3)22(27)23-16(4)18-9-8-10-20(13-18)24-17(5)26/h8-14,16H,6-7H2,1-5H3,(H,23,27)(H,24,26). The molecule has 0 aliphatic carbocycles. The average molecular weight is 432 g/mol. The molecule has 2 rings (SSSR count). The van der Waals surface area contributed by atoms with Crippen molar-refractivity contribution < 1.29 is 18.0 Å². The van der Waals surface area contributed by atoms with Crippen LogP contribution in [-0.4, -0.2) is 37.6 Å². The Labute approximate surface area is 178 Å². The highest BCUT2D eigenvalue weighted by molar-refractivity contribution is 7.89. The van der Waals surface area contributed by atoms with E-state index in [0.717, 1.165) is 5.56 Å². The first-order valence-electron chi connectivity index (χ1n) is 9.89. The molecule has 8 heteroatoms. The normalized spacial score (nSPS) is 12.5. The Kier molecular flexibility index (Phi) is 7.75. The Morgan fingerprint density at radius 2 is 1.73 bits per heavy atom. The monoisotopic (exact) mass is 431 g/mol.